The lowest BCUT2D eigenvalue weighted by molar-refractivity contribution is 0.252. The lowest BCUT2D eigenvalue weighted by Crippen LogP contribution is -2.29. The summed E-state index contributed by atoms with van der Waals surface area (Å²) in [5, 5.41) is 19.9. The van der Waals surface area contributed by atoms with Gasteiger partial charge in [0.25, 0.3) is 0 Å². The number of ether oxygens (including phenoxy) is 1. The van der Waals surface area contributed by atoms with Gasteiger partial charge >= 0.3 is 0 Å². The second-order valence-corrected chi connectivity index (χ2v) is 7.88. The average molecular weight is 415 g/mol. The Labute approximate surface area is 181 Å². The zero-order valence-electron chi connectivity index (χ0n) is 17.5. The number of aromatic hydroxyl groups is 1. The van der Waals surface area contributed by atoms with Crippen LogP contribution in [0.5, 0.6) is 11.5 Å². The van der Waals surface area contributed by atoms with E-state index in [-0.39, 0.29) is 5.75 Å². The molecule has 0 radical (unpaired) electrons. The Morgan fingerprint density at radius 1 is 1.10 bits per heavy atom. The topological polar surface area (TPSA) is 70.6 Å². The fourth-order valence-electron chi connectivity index (χ4n) is 4.23. The standard InChI is InChI=1S/C25H25N3O3/c1-30-22-12-11-19-24(29)23(16-21-17-8-3-4-10-20(17)26-27-21)31-25(19)18(22)9-7-15-28-13-5-2-6-14-28/h3-4,7-12,16,29H,2,5-6,13-15H2,1H3. The molecule has 0 bridgehead atoms. The highest BCUT2D eigenvalue weighted by Crippen LogP contribution is 2.42. The maximum atomic E-state index is 10.8. The van der Waals surface area contributed by atoms with E-state index in [1.807, 2.05) is 42.5 Å². The summed E-state index contributed by atoms with van der Waals surface area (Å²) in [5.74, 6) is 1.16. The third kappa shape index (κ3) is 3.75. The normalized spacial score (nSPS) is 17.8. The molecule has 0 saturated carbocycles. The van der Waals surface area contributed by atoms with Gasteiger partial charge in [0.2, 0.25) is 0 Å². The highest BCUT2D eigenvalue weighted by molar-refractivity contribution is 5.97. The average Bonchev–Trinajstić information content (AvgIpc) is 3.36. The number of benzene rings is 2. The Balaban J connectivity index is 1.51. The molecule has 0 amide bonds. The Kier molecular flexibility index (Phi) is 5.30. The summed E-state index contributed by atoms with van der Waals surface area (Å²) in [5.41, 5.74) is 3.82. The van der Waals surface area contributed by atoms with E-state index in [9.17, 15) is 5.11 Å². The monoisotopic (exact) mass is 415 g/mol. The molecule has 0 aliphatic carbocycles. The van der Waals surface area contributed by atoms with Crippen LogP contribution in [-0.4, -0.2) is 36.8 Å². The molecule has 2 aliphatic heterocycles. The van der Waals surface area contributed by atoms with Crippen LogP contribution in [-0.2, 0) is 0 Å². The van der Waals surface area contributed by atoms with Crippen molar-refractivity contribution in [3.8, 4) is 11.5 Å². The second kappa shape index (κ2) is 8.40. The lowest BCUT2D eigenvalue weighted by atomic mass is 10.1. The van der Waals surface area contributed by atoms with E-state index >= 15 is 0 Å². The molecule has 158 valence electrons. The van der Waals surface area contributed by atoms with E-state index < -0.39 is 0 Å². The van der Waals surface area contributed by atoms with Crippen molar-refractivity contribution in [2.24, 2.45) is 10.2 Å². The highest BCUT2D eigenvalue weighted by Gasteiger charge is 2.20. The van der Waals surface area contributed by atoms with Crippen molar-refractivity contribution in [2.75, 3.05) is 26.7 Å². The molecule has 31 heavy (non-hydrogen) atoms. The van der Waals surface area contributed by atoms with Crippen molar-refractivity contribution < 1.29 is 14.3 Å². The SMILES string of the molecule is COc1ccc2c(O)c(C=C3N=Nc4ccccc43)oc2c1C=CCN1CCCCC1. The summed E-state index contributed by atoms with van der Waals surface area (Å²) >= 11 is 0. The molecule has 6 nitrogen and oxygen atoms in total. The molecule has 3 aromatic rings. The van der Waals surface area contributed by atoms with Crippen LogP contribution in [0.25, 0.3) is 28.8 Å². The summed E-state index contributed by atoms with van der Waals surface area (Å²) in [6.07, 6.45) is 9.75. The maximum absolute atomic E-state index is 10.8. The van der Waals surface area contributed by atoms with Gasteiger partial charge < -0.3 is 14.3 Å². The van der Waals surface area contributed by atoms with E-state index in [1.165, 1.54) is 19.3 Å². The fraction of sp³-hybridized carbons (Fsp3) is 0.280. The van der Waals surface area contributed by atoms with Gasteiger partial charge in [-0.05, 0) is 44.1 Å². The third-order valence-corrected chi connectivity index (χ3v) is 5.89. The maximum Gasteiger partial charge on any atom is 0.172 e. The van der Waals surface area contributed by atoms with Crippen LogP contribution in [0.4, 0.5) is 5.69 Å². The molecule has 1 aromatic heterocycles. The van der Waals surface area contributed by atoms with Gasteiger partial charge in [-0.3, -0.25) is 4.90 Å². The van der Waals surface area contributed by atoms with Crippen molar-refractivity contribution in [3.63, 3.8) is 0 Å². The van der Waals surface area contributed by atoms with Gasteiger partial charge in [-0.1, -0.05) is 36.8 Å². The van der Waals surface area contributed by atoms with Gasteiger partial charge in [-0.25, -0.2) is 0 Å². The molecule has 1 N–H and O–H groups in total. The van der Waals surface area contributed by atoms with Crippen molar-refractivity contribution in [1.82, 2.24) is 4.90 Å². The van der Waals surface area contributed by atoms with Crippen molar-refractivity contribution in [3.05, 3.63) is 59.4 Å². The number of furan rings is 1. The highest BCUT2D eigenvalue weighted by atomic mass is 16.5. The molecule has 0 atom stereocenters. The minimum atomic E-state index is 0.0930. The van der Waals surface area contributed by atoms with Gasteiger partial charge in [0, 0.05) is 18.2 Å². The molecule has 0 spiro atoms. The zero-order chi connectivity index (χ0) is 21.2. The number of hydrogen-bond acceptors (Lipinski definition) is 6. The molecule has 3 heterocycles. The first-order chi connectivity index (χ1) is 15.2. The molecule has 2 aliphatic rings. The quantitative estimate of drug-likeness (QED) is 0.535. The van der Waals surface area contributed by atoms with Crippen LogP contribution in [0.15, 0.2) is 57.1 Å². The first kappa shape index (κ1) is 19.6. The Morgan fingerprint density at radius 3 is 2.77 bits per heavy atom. The molecule has 6 heteroatoms. The largest absolute Gasteiger partial charge is 0.504 e. The zero-order valence-corrected chi connectivity index (χ0v) is 17.5. The molecule has 5 rings (SSSR count). The molecular weight excluding hydrogens is 390 g/mol. The number of hydrogen-bond donors (Lipinski definition) is 1. The smallest absolute Gasteiger partial charge is 0.172 e. The first-order valence-electron chi connectivity index (χ1n) is 10.7. The molecule has 0 unspecified atom stereocenters. The van der Waals surface area contributed by atoms with E-state index in [4.69, 9.17) is 9.15 Å². The van der Waals surface area contributed by atoms with Gasteiger partial charge in [-0.15, -0.1) is 10.2 Å². The Morgan fingerprint density at radius 2 is 1.94 bits per heavy atom. The summed E-state index contributed by atoms with van der Waals surface area (Å²) < 4.78 is 11.7. The van der Waals surface area contributed by atoms with E-state index in [0.29, 0.717) is 28.2 Å². The molecule has 1 fully saturated rings. The Bertz CT molecular complexity index is 1200. The van der Waals surface area contributed by atoms with Crippen LogP contribution in [0.1, 0.15) is 36.1 Å². The third-order valence-electron chi connectivity index (χ3n) is 5.89. The van der Waals surface area contributed by atoms with Crippen molar-refractivity contribution in [1.29, 1.82) is 0 Å². The van der Waals surface area contributed by atoms with Crippen molar-refractivity contribution in [2.45, 2.75) is 19.3 Å². The minimum absolute atomic E-state index is 0.0930. The van der Waals surface area contributed by atoms with Gasteiger partial charge in [0.05, 0.1) is 29.4 Å². The molecular formula is C25H25N3O3. The number of piperidine rings is 1. The number of methoxy groups -OCH3 is 1. The Hall–Kier alpha value is -3.38. The van der Waals surface area contributed by atoms with E-state index in [2.05, 4.69) is 21.2 Å². The summed E-state index contributed by atoms with van der Waals surface area (Å²) in [4.78, 5) is 2.45. The minimum Gasteiger partial charge on any atom is -0.504 e. The van der Waals surface area contributed by atoms with E-state index in [1.54, 1.807) is 13.2 Å². The molecule has 2 aromatic carbocycles. The number of azo groups is 1. The number of likely N-dealkylation sites (tertiary alicyclic amines) is 1. The predicted molar refractivity (Wildman–Crippen MR) is 123 cm³/mol. The van der Waals surface area contributed by atoms with Crippen molar-refractivity contribution >= 4 is 34.5 Å². The van der Waals surface area contributed by atoms with Gasteiger partial charge in [0.15, 0.2) is 11.5 Å². The van der Waals surface area contributed by atoms with Crippen LogP contribution in [0.3, 0.4) is 0 Å². The van der Waals surface area contributed by atoms with Crippen LogP contribution >= 0.6 is 0 Å². The number of fused-ring (bicyclic) bond motifs is 2. The van der Waals surface area contributed by atoms with Crippen LogP contribution in [0.2, 0.25) is 0 Å². The summed E-state index contributed by atoms with van der Waals surface area (Å²) in [7, 11) is 1.64. The fourth-order valence-corrected chi connectivity index (χ4v) is 4.23. The van der Waals surface area contributed by atoms with Gasteiger partial charge in [-0.2, -0.15) is 0 Å². The summed E-state index contributed by atoms with van der Waals surface area (Å²) in [6.45, 7) is 3.17. The predicted octanol–water partition coefficient (Wildman–Crippen LogP) is 6.24. The van der Waals surface area contributed by atoms with Crippen LogP contribution in [0, 0.1) is 0 Å². The molecule has 1 saturated heterocycles. The second-order valence-electron chi connectivity index (χ2n) is 7.88. The lowest BCUT2D eigenvalue weighted by Gasteiger charge is -2.24. The van der Waals surface area contributed by atoms with Crippen LogP contribution < -0.4 is 4.74 Å². The van der Waals surface area contributed by atoms with E-state index in [0.717, 1.165) is 36.4 Å². The first-order valence-corrected chi connectivity index (χ1v) is 10.7. The number of nitrogens with zero attached hydrogens (tertiary/aromatic N) is 3. The number of rotatable bonds is 5. The van der Waals surface area contributed by atoms with Gasteiger partial charge in [0.1, 0.15) is 11.3 Å². The summed E-state index contributed by atoms with van der Waals surface area (Å²) in [6, 6.07) is 11.4.